The van der Waals surface area contributed by atoms with Gasteiger partial charge in [-0.25, -0.2) is 4.79 Å². The monoisotopic (exact) mass is 628 g/mol. The van der Waals surface area contributed by atoms with E-state index >= 15 is 0 Å². The van der Waals surface area contributed by atoms with E-state index in [1.807, 2.05) is 0 Å². The molecule has 9 heteroatoms. The van der Waals surface area contributed by atoms with Crippen LogP contribution in [-0.4, -0.2) is 26.7 Å². The molecular weight excluding hydrogens is 581 g/mol. The van der Waals surface area contributed by atoms with Crippen LogP contribution in [0, 0.1) is 0 Å². The maximum atomic E-state index is 11.9. The van der Waals surface area contributed by atoms with Crippen LogP contribution in [0.5, 0.6) is 0 Å². The maximum Gasteiger partial charge on any atom is 0.314 e. The van der Waals surface area contributed by atoms with Crippen molar-refractivity contribution in [3.05, 3.63) is 0 Å². The van der Waals surface area contributed by atoms with Crippen molar-refractivity contribution in [1.82, 2.24) is 10.6 Å². The van der Waals surface area contributed by atoms with Crippen molar-refractivity contribution in [2.24, 2.45) is 0 Å². The number of carbonyl (C=O) groups is 1. The molecule has 0 aliphatic rings. The van der Waals surface area contributed by atoms with Gasteiger partial charge in [0, 0.05) is 13.1 Å². The molecule has 0 atom stereocenters. The van der Waals surface area contributed by atoms with Crippen molar-refractivity contribution in [2.75, 3.05) is 13.1 Å². The molecule has 0 fully saturated rings. The van der Waals surface area contributed by atoms with Gasteiger partial charge in [-0.1, -0.05) is 172 Å². The van der Waals surface area contributed by atoms with Crippen LogP contribution in [0.1, 0.15) is 141 Å². The van der Waals surface area contributed by atoms with Crippen molar-refractivity contribution in [1.29, 1.82) is 0 Å². The van der Waals surface area contributed by atoms with Crippen LogP contribution in [0.3, 0.4) is 0 Å². The second-order valence-corrected chi connectivity index (χ2v) is 15.0. The van der Waals surface area contributed by atoms with E-state index in [0.29, 0.717) is 12.8 Å². The Balaban J connectivity index is 3.21. The lowest BCUT2D eigenvalue weighted by atomic mass is 10.1. The zero-order chi connectivity index (χ0) is 27.0. The van der Waals surface area contributed by atoms with Gasteiger partial charge in [0.2, 0.25) is 0 Å². The number of amides is 2. The number of hydrogen-bond donors (Lipinski definition) is 2. The minimum atomic E-state index is -1.09. The molecule has 0 aromatic heterocycles. The highest BCUT2D eigenvalue weighted by Crippen LogP contribution is 2.33. The molecule has 0 aromatic rings. The van der Waals surface area contributed by atoms with E-state index < -0.39 is 7.59 Å². The van der Waals surface area contributed by atoms with E-state index in [4.69, 9.17) is 69.6 Å². The fraction of sp³-hybridized carbons (Fsp3) is 0.963. The summed E-state index contributed by atoms with van der Waals surface area (Å²) in [6.07, 6.45) is 25.2. The highest BCUT2D eigenvalue weighted by Gasteiger charge is 2.18. The van der Waals surface area contributed by atoms with Crippen LogP contribution in [0.2, 0.25) is 0 Å². The van der Waals surface area contributed by atoms with Crippen molar-refractivity contribution >= 4 is 75.6 Å². The molecule has 0 unspecified atom stereocenters. The molecule has 0 aromatic carbocycles. The molecule has 0 rings (SSSR count). The summed E-state index contributed by atoms with van der Waals surface area (Å²) < 4.78 is -2.18. The maximum absolute atomic E-state index is 11.9. The van der Waals surface area contributed by atoms with E-state index in [0.717, 1.165) is 51.6 Å². The lowest BCUT2D eigenvalue weighted by Gasteiger charge is -2.09. The number of urea groups is 1. The lowest BCUT2D eigenvalue weighted by molar-refractivity contribution is 0.240. The Labute approximate surface area is 251 Å². The summed E-state index contributed by atoms with van der Waals surface area (Å²) >= 11 is 34.5. The first-order valence-electron chi connectivity index (χ1n) is 14.3. The highest BCUT2D eigenvalue weighted by molar-refractivity contribution is 6.67. The first-order chi connectivity index (χ1) is 17.1. The van der Waals surface area contributed by atoms with E-state index in [-0.39, 0.29) is 6.03 Å². The molecule has 0 saturated carbocycles. The highest BCUT2D eigenvalue weighted by atomic mass is 35.6. The molecule has 0 aliphatic carbocycles. The van der Waals surface area contributed by atoms with Crippen LogP contribution in [0.4, 0.5) is 4.79 Å². The van der Waals surface area contributed by atoms with Crippen molar-refractivity contribution in [3.8, 4) is 0 Å². The Morgan fingerprint density at radius 2 is 0.611 bits per heavy atom. The summed E-state index contributed by atoms with van der Waals surface area (Å²) in [5.41, 5.74) is 0. The molecule has 0 saturated heterocycles. The summed E-state index contributed by atoms with van der Waals surface area (Å²) in [7, 11) is 0. The molecule has 0 radical (unpaired) electrons. The largest absolute Gasteiger partial charge is 0.338 e. The second-order valence-electron chi connectivity index (χ2n) is 9.98. The Morgan fingerprint density at radius 3 is 0.861 bits per heavy atom. The number of nitrogens with one attached hydrogen (secondary N) is 2. The quantitative estimate of drug-likeness (QED) is 0.0808. The number of rotatable bonds is 24. The lowest BCUT2D eigenvalue weighted by Crippen LogP contribution is -2.36. The van der Waals surface area contributed by atoms with Gasteiger partial charge < -0.3 is 10.6 Å². The first-order valence-corrected chi connectivity index (χ1v) is 16.5. The van der Waals surface area contributed by atoms with Gasteiger partial charge in [-0.05, 0) is 38.5 Å². The average molecular weight is 631 g/mol. The smallest absolute Gasteiger partial charge is 0.314 e. The molecule has 216 valence electrons. The van der Waals surface area contributed by atoms with Crippen molar-refractivity contribution in [3.63, 3.8) is 0 Å². The first kappa shape index (κ1) is 37.0. The molecule has 0 spiro atoms. The summed E-state index contributed by atoms with van der Waals surface area (Å²) in [6, 6.07) is -0.0283. The van der Waals surface area contributed by atoms with Crippen LogP contribution in [0.25, 0.3) is 0 Å². The second kappa shape index (κ2) is 25.0. The van der Waals surface area contributed by atoms with Gasteiger partial charge in [-0.2, -0.15) is 0 Å². The Bertz CT molecular complexity index is 456. The Morgan fingerprint density at radius 1 is 0.389 bits per heavy atom. The molecule has 0 bridgehead atoms. The third kappa shape index (κ3) is 33.0. The van der Waals surface area contributed by atoms with E-state index in [1.54, 1.807) is 0 Å². The normalized spacial score (nSPS) is 12.2. The van der Waals surface area contributed by atoms with Gasteiger partial charge in [0.25, 0.3) is 0 Å². The van der Waals surface area contributed by atoms with E-state index in [9.17, 15) is 4.79 Å². The molecule has 0 aliphatic heterocycles. The van der Waals surface area contributed by atoms with Crippen molar-refractivity contribution in [2.45, 2.75) is 149 Å². The fourth-order valence-electron chi connectivity index (χ4n) is 4.20. The third-order valence-electron chi connectivity index (χ3n) is 6.35. The van der Waals surface area contributed by atoms with Gasteiger partial charge in [0.1, 0.15) is 0 Å². The van der Waals surface area contributed by atoms with Crippen LogP contribution in [0.15, 0.2) is 0 Å². The summed E-state index contributed by atoms with van der Waals surface area (Å²) in [5.74, 6) is 0. The van der Waals surface area contributed by atoms with E-state index in [2.05, 4.69) is 10.6 Å². The number of carbonyl (C=O) groups excluding carboxylic acids is 1. The summed E-state index contributed by atoms with van der Waals surface area (Å²) in [6.45, 7) is 1.53. The molecule has 2 amide bonds. The predicted octanol–water partition coefficient (Wildman–Crippen LogP) is 11.6. The van der Waals surface area contributed by atoms with Gasteiger partial charge in [0.05, 0.1) is 0 Å². The number of halogens is 6. The zero-order valence-electron chi connectivity index (χ0n) is 22.1. The third-order valence-corrected chi connectivity index (χ3v) is 7.48. The Hall–Kier alpha value is 1.01. The fourth-order valence-corrected chi connectivity index (χ4v) is 5.00. The number of unbranched alkanes of at least 4 members (excludes halogenated alkanes) is 18. The van der Waals surface area contributed by atoms with Crippen LogP contribution in [-0.2, 0) is 0 Å². The van der Waals surface area contributed by atoms with Gasteiger partial charge in [-0.3, -0.25) is 0 Å². The van der Waals surface area contributed by atoms with Crippen LogP contribution >= 0.6 is 69.6 Å². The minimum absolute atomic E-state index is 0.0283. The zero-order valence-corrected chi connectivity index (χ0v) is 26.7. The molecule has 36 heavy (non-hydrogen) atoms. The number of hydrogen-bond acceptors (Lipinski definition) is 1. The van der Waals surface area contributed by atoms with Gasteiger partial charge in [0.15, 0.2) is 7.59 Å². The average Bonchev–Trinajstić information content (AvgIpc) is 2.78. The summed E-state index contributed by atoms with van der Waals surface area (Å²) in [5, 5.41) is 5.94. The van der Waals surface area contributed by atoms with E-state index in [1.165, 1.54) is 89.9 Å². The Kier molecular flexibility index (Phi) is 25.7. The van der Waals surface area contributed by atoms with Gasteiger partial charge in [-0.15, -0.1) is 0 Å². The molecule has 3 nitrogen and oxygen atoms in total. The number of alkyl halides is 6. The van der Waals surface area contributed by atoms with Crippen LogP contribution < -0.4 is 10.6 Å². The molecule has 0 heterocycles. The summed E-state index contributed by atoms with van der Waals surface area (Å²) in [4.78, 5) is 11.9. The molecule has 2 N–H and O–H groups in total. The molecular formula is C27H50Cl6N2O. The van der Waals surface area contributed by atoms with Gasteiger partial charge >= 0.3 is 6.03 Å². The SMILES string of the molecule is O=C(NCCCCCCCCCCCCC(Cl)(Cl)Cl)NCCCCCCCCCCCCC(Cl)(Cl)Cl. The van der Waals surface area contributed by atoms with Crippen molar-refractivity contribution < 1.29 is 4.79 Å². The standard InChI is InChI=1S/C27H50Cl6N2O/c28-26(29,30)21-17-13-9-5-1-3-7-11-15-19-23-34-25(36)35-24-20-16-12-8-4-2-6-10-14-18-22-27(31,32)33/h1-24H2,(H2,34,35,36). The minimum Gasteiger partial charge on any atom is -0.338 e. The predicted molar refractivity (Wildman–Crippen MR) is 164 cm³/mol. The topological polar surface area (TPSA) is 41.1 Å².